The lowest BCUT2D eigenvalue weighted by Crippen LogP contribution is -2.19. The lowest BCUT2D eigenvalue weighted by molar-refractivity contribution is 0.415. The number of benzene rings is 2. The normalized spacial score (nSPS) is 10.7. The van der Waals surface area contributed by atoms with Crippen molar-refractivity contribution >= 4 is 45.7 Å². The van der Waals surface area contributed by atoms with E-state index in [-0.39, 0.29) is 5.11 Å². The zero-order valence-electron chi connectivity index (χ0n) is 12.5. The fourth-order valence-corrected chi connectivity index (χ4v) is 2.59. The molecular weight excluding hydrogens is 334 g/mol. The molecule has 3 aromatic rings. The van der Waals surface area contributed by atoms with Crippen molar-refractivity contribution in [1.29, 1.82) is 0 Å². The molecule has 1 aromatic heterocycles. The largest absolute Gasteiger partial charge is 0.495 e. The summed E-state index contributed by atoms with van der Waals surface area (Å²) in [5.74, 6) is 0.603. The first-order chi connectivity index (χ1) is 11.0. The van der Waals surface area contributed by atoms with E-state index in [1.54, 1.807) is 19.2 Å². The van der Waals surface area contributed by atoms with Crippen LogP contribution in [0.5, 0.6) is 5.75 Å². The molecule has 3 N–H and O–H groups in total. The topological polar surface area (TPSA) is 78.0 Å². The van der Waals surface area contributed by atoms with Gasteiger partial charge in [0, 0.05) is 5.69 Å². The summed E-state index contributed by atoms with van der Waals surface area (Å²) in [5, 5.41) is 12.6. The summed E-state index contributed by atoms with van der Waals surface area (Å²) < 4.78 is 5.15. The molecule has 1 heterocycles. The Morgan fingerprint density at radius 3 is 2.57 bits per heavy atom. The predicted octanol–water partition coefficient (Wildman–Crippen LogP) is 3.05. The fraction of sp³-hybridized carbons (Fsp3) is 0.133. The highest BCUT2D eigenvalue weighted by molar-refractivity contribution is 7.80. The number of aryl methyl sites for hydroxylation is 1. The van der Waals surface area contributed by atoms with Gasteiger partial charge < -0.3 is 15.8 Å². The van der Waals surface area contributed by atoms with Gasteiger partial charge in [-0.3, -0.25) is 0 Å². The molecule has 118 valence electrons. The monoisotopic (exact) mass is 347 g/mol. The first kappa shape index (κ1) is 15.5. The molecule has 0 amide bonds. The second kappa shape index (κ2) is 6.02. The van der Waals surface area contributed by atoms with Crippen molar-refractivity contribution in [2.24, 2.45) is 5.73 Å². The Labute approximate surface area is 143 Å². The third kappa shape index (κ3) is 3.06. The first-order valence-corrected chi connectivity index (χ1v) is 7.54. The number of methoxy groups -OCH3 is 1. The standard InChI is InChI=1S/C15H14ClN5OS/c1-8-5-12-13(7-11(8)18-15(17)23)20-21(19-12)9-3-4-14(22-2)10(16)6-9/h3-7H,1-2H3,(H3,17,18,23). The molecule has 0 saturated carbocycles. The van der Waals surface area contributed by atoms with Crippen molar-refractivity contribution in [1.82, 2.24) is 15.0 Å². The van der Waals surface area contributed by atoms with Crippen molar-refractivity contribution in [3.63, 3.8) is 0 Å². The van der Waals surface area contributed by atoms with Gasteiger partial charge in [0.05, 0.1) is 17.8 Å². The minimum absolute atomic E-state index is 0.210. The van der Waals surface area contributed by atoms with Gasteiger partial charge in [0.1, 0.15) is 16.8 Å². The molecular formula is C15H14ClN5OS. The quantitative estimate of drug-likeness (QED) is 0.709. The highest BCUT2D eigenvalue weighted by atomic mass is 35.5. The van der Waals surface area contributed by atoms with Crippen LogP contribution in [0.25, 0.3) is 16.7 Å². The van der Waals surface area contributed by atoms with Crippen molar-refractivity contribution in [2.45, 2.75) is 6.92 Å². The van der Waals surface area contributed by atoms with Crippen molar-refractivity contribution < 1.29 is 4.74 Å². The molecule has 2 aromatic carbocycles. The van der Waals surface area contributed by atoms with Crippen LogP contribution in [0, 0.1) is 6.92 Å². The van der Waals surface area contributed by atoms with Gasteiger partial charge in [0.2, 0.25) is 0 Å². The second-order valence-corrected chi connectivity index (χ2v) is 5.80. The third-order valence-electron chi connectivity index (χ3n) is 3.35. The van der Waals surface area contributed by atoms with Gasteiger partial charge in [-0.05, 0) is 55.0 Å². The summed E-state index contributed by atoms with van der Waals surface area (Å²) in [6.45, 7) is 1.95. The summed E-state index contributed by atoms with van der Waals surface area (Å²) in [4.78, 5) is 1.53. The lowest BCUT2D eigenvalue weighted by atomic mass is 10.2. The maximum absolute atomic E-state index is 6.15. The van der Waals surface area contributed by atoms with Gasteiger partial charge in [-0.1, -0.05) is 11.6 Å². The molecule has 0 atom stereocenters. The molecule has 0 spiro atoms. The van der Waals surface area contributed by atoms with Crippen LogP contribution in [0.1, 0.15) is 5.56 Å². The van der Waals surface area contributed by atoms with E-state index >= 15 is 0 Å². The van der Waals surface area contributed by atoms with Crippen LogP contribution < -0.4 is 15.8 Å². The van der Waals surface area contributed by atoms with E-state index in [9.17, 15) is 0 Å². The van der Waals surface area contributed by atoms with E-state index in [1.165, 1.54) is 4.80 Å². The van der Waals surface area contributed by atoms with Gasteiger partial charge in [0.25, 0.3) is 0 Å². The Morgan fingerprint density at radius 1 is 1.26 bits per heavy atom. The van der Waals surface area contributed by atoms with E-state index in [2.05, 4.69) is 15.5 Å². The number of nitrogens with zero attached hydrogens (tertiary/aromatic N) is 3. The van der Waals surface area contributed by atoms with E-state index in [0.29, 0.717) is 10.8 Å². The van der Waals surface area contributed by atoms with Crippen LogP contribution in [0.3, 0.4) is 0 Å². The number of rotatable bonds is 3. The Balaban J connectivity index is 2.06. The molecule has 3 rings (SSSR count). The lowest BCUT2D eigenvalue weighted by Gasteiger charge is -2.06. The van der Waals surface area contributed by atoms with Gasteiger partial charge in [-0.2, -0.15) is 4.80 Å². The SMILES string of the molecule is COc1ccc(-n2nc3cc(C)c(NC(N)=S)cc3n2)cc1Cl. The molecule has 0 aliphatic heterocycles. The second-order valence-electron chi connectivity index (χ2n) is 4.95. The smallest absolute Gasteiger partial charge is 0.168 e. The minimum atomic E-state index is 0.210. The summed E-state index contributed by atoms with van der Waals surface area (Å²) in [6.07, 6.45) is 0. The molecule has 0 bridgehead atoms. The summed E-state index contributed by atoms with van der Waals surface area (Å²) in [5.41, 5.74) is 9.55. The minimum Gasteiger partial charge on any atom is -0.495 e. The van der Waals surface area contributed by atoms with Crippen molar-refractivity contribution in [2.75, 3.05) is 12.4 Å². The van der Waals surface area contributed by atoms with Gasteiger partial charge >= 0.3 is 0 Å². The van der Waals surface area contributed by atoms with Gasteiger partial charge in [0.15, 0.2) is 5.11 Å². The third-order valence-corrected chi connectivity index (χ3v) is 3.75. The molecule has 8 heteroatoms. The van der Waals surface area contributed by atoms with Crippen LogP contribution in [-0.4, -0.2) is 27.2 Å². The molecule has 0 unspecified atom stereocenters. The Kier molecular flexibility index (Phi) is 4.06. The number of fused-ring (bicyclic) bond motifs is 1. The number of anilines is 1. The van der Waals surface area contributed by atoms with Crippen molar-refractivity contribution in [3.8, 4) is 11.4 Å². The van der Waals surface area contributed by atoms with Crippen molar-refractivity contribution in [3.05, 3.63) is 40.9 Å². The number of thiocarbonyl (C=S) groups is 1. The van der Waals surface area contributed by atoms with Crippen LogP contribution in [0.4, 0.5) is 5.69 Å². The van der Waals surface area contributed by atoms with E-state index in [4.69, 9.17) is 34.3 Å². The molecule has 0 aliphatic carbocycles. The number of hydrogen-bond donors (Lipinski definition) is 2. The molecule has 23 heavy (non-hydrogen) atoms. The number of nitrogens with two attached hydrogens (primary N) is 1. The summed E-state index contributed by atoms with van der Waals surface area (Å²) in [7, 11) is 1.57. The Morgan fingerprint density at radius 2 is 1.96 bits per heavy atom. The maximum Gasteiger partial charge on any atom is 0.168 e. The number of hydrogen-bond acceptors (Lipinski definition) is 4. The number of aromatic nitrogens is 3. The molecule has 0 saturated heterocycles. The average molecular weight is 348 g/mol. The summed E-state index contributed by atoms with van der Waals surface area (Å²) in [6, 6.07) is 9.14. The zero-order chi connectivity index (χ0) is 16.6. The van der Waals surface area contributed by atoms with Gasteiger partial charge in [-0.15, -0.1) is 10.2 Å². The highest BCUT2D eigenvalue weighted by Crippen LogP contribution is 2.27. The average Bonchev–Trinajstić information content (AvgIpc) is 2.89. The Bertz CT molecular complexity index is 908. The van der Waals surface area contributed by atoms with E-state index in [0.717, 1.165) is 28.0 Å². The predicted molar refractivity (Wildman–Crippen MR) is 95.6 cm³/mol. The number of ether oxygens (including phenoxy) is 1. The molecule has 0 radical (unpaired) electrons. The van der Waals surface area contributed by atoms with E-state index in [1.807, 2.05) is 25.1 Å². The summed E-state index contributed by atoms with van der Waals surface area (Å²) >= 11 is 11.0. The number of nitrogens with one attached hydrogen (secondary N) is 1. The first-order valence-electron chi connectivity index (χ1n) is 6.76. The maximum atomic E-state index is 6.15. The Hall–Kier alpha value is -2.38. The number of halogens is 1. The molecule has 0 aliphatic rings. The van der Waals surface area contributed by atoms with Crippen LogP contribution >= 0.6 is 23.8 Å². The zero-order valence-corrected chi connectivity index (χ0v) is 14.1. The van der Waals surface area contributed by atoms with E-state index < -0.39 is 0 Å². The van der Waals surface area contributed by atoms with Gasteiger partial charge in [-0.25, -0.2) is 0 Å². The van der Waals surface area contributed by atoms with Crippen LogP contribution in [0.15, 0.2) is 30.3 Å². The molecule has 6 nitrogen and oxygen atoms in total. The highest BCUT2D eigenvalue weighted by Gasteiger charge is 2.10. The van der Waals surface area contributed by atoms with Crippen LogP contribution in [-0.2, 0) is 0 Å². The fourth-order valence-electron chi connectivity index (χ4n) is 2.23. The van der Waals surface area contributed by atoms with Crippen LogP contribution in [0.2, 0.25) is 5.02 Å². The molecule has 0 fully saturated rings.